The van der Waals surface area contributed by atoms with Crippen molar-refractivity contribution in [1.82, 2.24) is 14.8 Å². The average molecular weight is 382 g/mol. The number of nitrogens with zero attached hydrogens (tertiary/aromatic N) is 4. The van der Waals surface area contributed by atoms with Crippen LogP contribution in [0.4, 0.5) is 11.6 Å². The average Bonchev–Trinajstić information content (AvgIpc) is 3.05. The molecule has 0 aliphatic carbocycles. The number of rotatable bonds is 6. The van der Waals surface area contributed by atoms with Crippen molar-refractivity contribution >= 4 is 40.9 Å². The molecular weight excluding hydrogens is 362 g/mol. The van der Waals surface area contributed by atoms with E-state index in [1.807, 2.05) is 11.5 Å². The molecule has 134 valence electrons. The predicted molar refractivity (Wildman–Crippen MR) is 99.5 cm³/mol. The molecular formula is C16H20ClN5O2S. The number of hydrogen-bond acceptors (Lipinski definition) is 6. The van der Waals surface area contributed by atoms with E-state index in [-0.39, 0.29) is 11.7 Å². The van der Waals surface area contributed by atoms with Crippen LogP contribution in [0.15, 0.2) is 29.4 Å². The fourth-order valence-electron chi connectivity index (χ4n) is 2.52. The van der Waals surface area contributed by atoms with Crippen LogP contribution in [0.2, 0.25) is 5.02 Å². The van der Waals surface area contributed by atoms with Crippen LogP contribution in [-0.2, 0) is 16.1 Å². The molecule has 0 atom stereocenters. The van der Waals surface area contributed by atoms with Crippen LogP contribution < -0.4 is 10.2 Å². The van der Waals surface area contributed by atoms with Crippen LogP contribution in [0.25, 0.3) is 0 Å². The molecule has 0 saturated carbocycles. The molecule has 2 heterocycles. The lowest BCUT2D eigenvalue weighted by Gasteiger charge is -2.27. The number of anilines is 2. The van der Waals surface area contributed by atoms with E-state index in [2.05, 4.69) is 20.4 Å². The maximum absolute atomic E-state index is 12.1. The SMILES string of the molecule is CCn1c(SCC(=O)Nc2ccc(Cl)cc2)nnc1N1CCOCC1. The number of amides is 1. The van der Waals surface area contributed by atoms with Crippen molar-refractivity contribution in [1.29, 1.82) is 0 Å². The molecule has 1 amide bonds. The lowest BCUT2D eigenvalue weighted by molar-refractivity contribution is -0.113. The Morgan fingerprint density at radius 1 is 1.28 bits per heavy atom. The second-order valence-electron chi connectivity index (χ2n) is 5.47. The molecule has 9 heteroatoms. The summed E-state index contributed by atoms with van der Waals surface area (Å²) in [6.07, 6.45) is 0. The molecule has 1 fully saturated rings. The number of thioether (sulfide) groups is 1. The Morgan fingerprint density at radius 3 is 2.68 bits per heavy atom. The minimum absolute atomic E-state index is 0.0918. The van der Waals surface area contributed by atoms with Crippen molar-refractivity contribution in [2.75, 3.05) is 42.3 Å². The normalized spacial score (nSPS) is 14.6. The van der Waals surface area contributed by atoms with Gasteiger partial charge >= 0.3 is 0 Å². The molecule has 0 spiro atoms. The second kappa shape index (κ2) is 8.55. The Morgan fingerprint density at radius 2 is 2.00 bits per heavy atom. The molecule has 7 nitrogen and oxygen atoms in total. The minimum atomic E-state index is -0.0918. The van der Waals surface area contributed by atoms with E-state index in [4.69, 9.17) is 16.3 Å². The molecule has 1 aliphatic rings. The number of benzene rings is 1. The van der Waals surface area contributed by atoms with Gasteiger partial charge in [-0.25, -0.2) is 0 Å². The topological polar surface area (TPSA) is 72.3 Å². The van der Waals surface area contributed by atoms with Gasteiger partial charge in [0.25, 0.3) is 0 Å². The summed E-state index contributed by atoms with van der Waals surface area (Å²) >= 11 is 7.22. The number of ether oxygens (including phenoxy) is 1. The quantitative estimate of drug-likeness (QED) is 0.775. The molecule has 2 aromatic rings. The highest BCUT2D eigenvalue weighted by atomic mass is 35.5. The molecule has 0 radical (unpaired) electrons. The number of halogens is 1. The molecule has 1 saturated heterocycles. The van der Waals surface area contributed by atoms with Gasteiger partial charge in [0.1, 0.15) is 0 Å². The zero-order valence-corrected chi connectivity index (χ0v) is 15.5. The van der Waals surface area contributed by atoms with Crippen LogP contribution in [-0.4, -0.2) is 52.7 Å². The Bertz CT molecular complexity index is 716. The first-order valence-electron chi connectivity index (χ1n) is 8.11. The molecule has 1 aliphatic heterocycles. The van der Waals surface area contributed by atoms with E-state index < -0.39 is 0 Å². The van der Waals surface area contributed by atoms with Crippen molar-refractivity contribution in [2.45, 2.75) is 18.6 Å². The fraction of sp³-hybridized carbons (Fsp3) is 0.438. The standard InChI is InChI=1S/C16H20ClN5O2S/c1-2-22-15(21-7-9-24-10-8-21)19-20-16(22)25-11-14(23)18-13-5-3-12(17)4-6-13/h3-6H,2,7-11H2,1H3,(H,18,23). The summed E-state index contributed by atoms with van der Waals surface area (Å²) in [6, 6.07) is 7.03. The first-order valence-corrected chi connectivity index (χ1v) is 9.48. The first-order chi connectivity index (χ1) is 12.2. The molecule has 0 unspecified atom stereocenters. The number of carbonyl (C=O) groups is 1. The molecule has 25 heavy (non-hydrogen) atoms. The molecule has 1 N–H and O–H groups in total. The summed E-state index contributed by atoms with van der Waals surface area (Å²) in [4.78, 5) is 14.3. The van der Waals surface area contributed by atoms with E-state index in [0.717, 1.165) is 36.4 Å². The molecule has 0 bridgehead atoms. The third kappa shape index (κ3) is 4.65. The van der Waals surface area contributed by atoms with Gasteiger partial charge in [0.05, 0.1) is 19.0 Å². The van der Waals surface area contributed by atoms with Crippen molar-refractivity contribution in [2.24, 2.45) is 0 Å². The van der Waals surface area contributed by atoms with E-state index in [9.17, 15) is 4.79 Å². The molecule has 3 rings (SSSR count). The van der Waals surface area contributed by atoms with Crippen LogP contribution in [0.1, 0.15) is 6.92 Å². The van der Waals surface area contributed by atoms with Gasteiger partial charge in [-0.1, -0.05) is 23.4 Å². The van der Waals surface area contributed by atoms with E-state index >= 15 is 0 Å². The Hall–Kier alpha value is -1.77. The summed E-state index contributed by atoms with van der Waals surface area (Å²) in [5, 5.41) is 12.8. The number of nitrogens with one attached hydrogen (secondary N) is 1. The van der Waals surface area contributed by atoms with Gasteiger partial charge in [-0.3, -0.25) is 9.36 Å². The third-order valence-corrected chi connectivity index (χ3v) is 4.99. The lowest BCUT2D eigenvalue weighted by atomic mass is 10.3. The molecule has 1 aromatic carbocycles. The van der Waals surface area contributed by atoms with Crippen molar-refractivity contribution in [3.63, 3.8) is 0 Å². The summed E-state index contributed by atoms with van der Waals surface area (Å²) in [6.45, 7) is 5.80. The third-order valence-electron chi connectivity index (χ3n) is 3.77. The fourth-order valence-corrected chi connectivity index (χ4v) is 3.45. The molecule has 1 aromatic heterocycles. The van der Waals surface area contributed by atoms with Crippen LogP contribution >= 0.6 is 23.4 Å². The van der Waals surface area contributed by atoms with E-state index in [1.165, 1.54) is 11.8 Å². The smallest absolute Gasteiger partial charge is 0.234 e. The maximum atomic E-state index is 12.1. The second-order valence-corrected chi connectivity index (χ2v) is 6.85. The predicted octanol–water partition coefficient (Wildman–Crippen LogP) is 2.52. The van der Waals surface area contributed by atoms with Gasteiger partial charge in [-0.15, -0.1) is 10.2 Å². The van der Waals surface area contributed by atoms with Gasteiger partial charge in [-0.2, -0.15) is 0 Å². The highest BCUT2D eigenvalue weighted by Gasteiger charge is 2.20. The zero-order valence-electron chi connectivity index (χ0n) is 13.9. The van der Waals surface area contributed by atoms with Crippen LogP contribution in [0.5, 0.6) is 0 Å². The van der Waals surface area contributed by atoms with Gasteiger partial charge < -0.3 is 15.0 Å². The summed E-state index contributed by atoms with van der Waals surface area (Å²) in [7, 11) is 0. The van der Waals surface area contributed by atoms with Crippen molar-refractivity contribution < 1.29 is 9.53 Å². The lowest BCUT2D eigenvalue weighted by Crippen LogP contribution is -2.38. The number of hydrogen-bond donors (Lipinski definition) is 1. The maximum Gasteiger partial charge on any atom is 0.234 e. The zero-order chi connectivity index (χ0) is 17.6. The summed E-state index contributed by atoms with van der Waals surface area (Å²) in [5.74, 6) is 1.02. The monoisotopic (exact) mass is 381 g/mol. The van der Waals surface area contributed by atoms with Crippen LogP contribution in [0.3, 0.4) is 0 Å². The van der Waals surface area contributed by atoms with Gasteiger partial charge in [0.15, 0.2) is 5.16 Å². The number of aromatic nitrogens is 3. The summed E-state index contributed by atoms with van der Waals surface area (Å²) in [5.41, 5.74) is 0.723. The van der Waals surface area contributed by atoms with Crippen LogP contribution in [0, 0.1) is 0 Å². The van der Waals surface area contributed by atoms with Crippen molar-refractivity contribution in [3.05, 3.63) is 29.3 Å². The number of morpholine rings is 1. The highest BCUT2D eigenvalue weighted by molar-refractivity contribution is 7.99. The highest BCUT2D eigenvalue weighted by Crippen LogP contribution is 2.23. The van der Waals surface area contributed by atoms with Gasteiger partial charge in [0, 0.05) is 30.3 Å². The Kier molecular flexibility index (Phi) is 6.17. The largest absolute Gasteiger partial charge is 0.378 e. The summed E-state index contributed by atoms with van der Waals surface area (Å²) < 4.78 is 7.41. The van der Waals surface area contributed by atoms with E-state index in [0.29, 0.717) is 18.2 Å². The Labute approximate surface area is 155 Å². The van der Waals surface area contributed by atoms with Gasteiger partial charge in [-0.05, 0) is 31.2 Å². The minimum Gasteiger partial charge on any atom is -0.378 e. The van der Waals surface area contributed by atoms with E-state index in [1.54, 1.807) is 24.3 Å². The first kappa shape index (κ1) is 18.0. The van der Waals surface area contributed by atoms with Gasteiger partial charge in [0.2, 0.25) is 11.9 Å². The Balaban J connectivity index is 1.59. The number of carbonyl (C=O) groups excluding carboxylic acids is 1. The van der Waals surface area contributed by atoms with Crippen molar-refractivity contribution in [3.8, 4) is 0 Å².